The molecule has 0 unspecified atom stereocenters. The molecule has 23 heavy (non-hydrogen) atoms. The maximum atomic E-state index is 12.6. The first-order valence-electron chi connectivity index (χ1n) is 7.29. The van der Waals surface area contributed by atoms with Crippen molar-refractivity contribution >= 4 is 22.7 Å². The van der Waals surface area contributed by atoms with Crippen molar-refractivity contribution in [1.82, 2.24) is 20.8 Å². The van der Waals surface area contributed by atoms with Crippen LogP contribution in [0.2, 0.25) is 0 Å². The van der Waals surface area contributed by atoms with Crippen molar-refractivity contribution in [1.29, 1.82) is 0 Å². The Bertz CT molecular complexity index is 930. The molecule has 2 aromatic rings. The van der Waals surface area contributed by atoms with Gasteiger partial charge in [-0.1, -0.05) is 30.3 Å². The zero-order valence-electron chi connectivity index (χ0n) is 12.4. The fraction of sp³-hybridized carbons (Fsp3) is 0.118. The molecule has 6 nitrogen and oxygen atoms in total. The average molecular weight is 306 g/mol. The molecule has 4 rings (SSSR count). The van der Waals surface area contributed by atoms with E-state index >= 15 is 0 Å². The van der Waals surface area contributed by atoms with E-state index in [0.29, 0.717) is 5.69 Å². The lowest BCUT2D eigenvalue weighted by Gasteiger charge is -2.17. The summed E-state index contributed by atoms with van der Waals surface area (Å²) in [7, 11) is 1.54. The van der Waals surface area contributed by atoms with Crippen LogP contribution in [0.1, 0.15) is 22.1 Å². The highest BCUT2D eigenvalue weighted by Gasteiger charge is 2.27. The van der Waals surface area contributed by atoms with Crippen LogP contribution in [0.15, 0.2) is 42.5 Å². The highest BCUT2D eigenvalue weighted by atomic mass is 16.2. The topological polar surface area (TPSA) is 86.9 Å². The number of amides is 2. The highest BCUT2D eigenvalue weighted by Crippen LogP contribution is 2.42. The largest absolute Gasteiger partial charge is 0.357 e. The third-order valence-electron chi connectivity index (χ3n) is 4.03. The maximum Gasteiger partial charge on any atom is 0.270 e. The van der Waals surface area contributed by atoms with E-state index in [0.717, 1.165) is 27.6 Å². The van der Waals surface area contributed by atoms with E-state index in [1.807, 2.05) is 30.3 Å². The number of fused-ring (bicyclic) bond motifs is 3. The third kappa shape index (κ3) is 2.15. The molecule has 2 amide bonds. The van der Waals surface area contributed by atoms with Gasteiger partial charge in [-0.3, -0.25) is 14.7 Å². The Balaban J connectivity index is 1.64. The number of likely N-dealkylation sites (N-methyl/N-ethyl adjacent to an activating group) is 1. The van der Waals surface area contributed by atoms with Crippen LogP contribution in [0.25, 0.3) is 22.0 Å². The zero-order valence-corrected chi connectivity index (χ0v) is 12.4. The van der Waals surface area contributed by atoms with Crippen molar-refractivity contribution in [2.75, 3.05) is 7.05 Å². The van der Waals surface area contributed by atoms with Crippen LogP contribution in [-0.2, 0) is 4.79 Å². The van der Waals surface area contributed by atoms with Crippen LogP contribution < -0.4 is 10.6 Å². The molecular formula is C17H14N4O2. The van der Waals surface area contributed by atoms with Gasteiger partial charge in [0, 0.05) is 18.0 Å². The number of carbonyl (C=O) groups excluding carboxylic acids is 2. The van der Waals surface area contributed by atoms with E-state index in [-0.39, 0.29) is 11.8 Å². The molecule has 0 saturated carbocycles. The standard InChI is InChI=1S/C17H14N4O2/c1-18-16(22)13(9-5-3-2-4-6-9)19-17(23)15-12-8-10-7-11(10)14(12)20-21-15/h2-8,13H,1H3,(H,18,22)(H,19,23)(H,20,21)/t13-/m0/s1. The minimum absolute atomic E-state index is 0.273. The minimum Gasteiger partial charge on any atom is -0.357 e. The fourth-order valence-corrected chi connectivity index (χ4v) is 2.76. The molecule has 0 bridgehead atoms. The van der Waals surface area contributed by atoms with E-state index < -0.39 is 6.04 Å². The number of hydrogen-bond donors (Lipinski definition) is 3. The van der Waals surface area contributed by atoms with Gasteiger partial charge in [0.1, 0.15) is 17.3 Å². The summed E-state index contributed by atoms with van der Waals surface area (Å²) < 4.78 is 0. The number of nitrogens with zero attached hydrogens (tertiary/aromatic N) is 1. The normalized spacial score (nSPS) is 12.7. The third-order valence-corrected chi connectivity index (χ3v) is 4.03. The molecule has 6 heteroatoms. The minimum atomic E-state index is -0.754. The Morgan fingerprint density at radius 3 is 2.70 bits per heavy atom. The maximum absolute atomic E-state index is 12.6. The summed E-state index contributed by atoms with van der Waals surface area (Å²) in [5.74, 6) is -0.625. The van der Waals surface area contributed by atoms with Crippen LogP contribution in [-0.4, -0.2) is 29.1 Å². The molecule has 3 N–H and O–H groups in total. The van der Waals surface area contributed by atoms with E-state index in [9.17, 15) is 9.59 Å². The molecule has 0 spiro atoms. The molecule has 1 heterocycles. The molecule has 2 aliphatic carbocycles. The van der Waals surface area contributed by atoms with Crippen molar-refractivity contribution in [3.05, 3.63) is 53.7 Å². The summed E-state index contributed by atoms with van der Waals surface area (Å²) in [6.07, 6.45) is 0. The second-order valence-electron chi connectivity index (χ2n) is 5.45. The van der Waals surface area contributed by atoms with Crippen LogP contribution in [0, 0.1) is 0 Å². The highest BCUT2D eigenvalue weighted by molar-refractivity contribution is 6.15. The molecule has 0 fully saturated rings. The zero-order chi connectivity index (χ0) is 16.0. The average Bonchev–Trinajstić information content (AvgIpc) is 3.06. The van der Waals surface area contributed by atoms with Gasteiger partial charge < -0.3 is 10.6 Å². The Kier molecular flexibility index (Phi) is 2.90. The van der Waals surface area contributed by atoms with Crippen LogP contribution in [0.3, 0.4) is 0 Å². The number of benzene rings is 2. The molecule has 2 aliphatic rings. The quantitative estimate of drug-likeness (QED) is 0.537. The first kappa shape index (κ1) is 13.5. The van der Waals surface area contributed by atoms with Gasteiger partial charge in [-0.15, -0.1) is 0 Å². The Labute approximate surface area is 131 Å². The monoisotopic (exact) mass is 306 g/mol. The number of aromatic amines is 1. The molecule has 0 saturated heterocycles. The van der Waals surface area contributed by atoms with Gasteiger partial charge in [-0.2, -0.15) is 5.10 Å². The van der Waals surface area contributed by atoms with E-state index in [1.54, 1.807) is 19.2 Å². The molecular weight excluding hydrogens is 292 g/mol. The molecule has 0 aliphatic heterocycles. The predicted octanol–water partition coefficient (Wildman–Crippen LogP) is 1.76. The first-order chi connectivity index (χ1) is 11.2. The fourth-order valence-electron chi connectivity index (χ4n) is 2.76. The van der Waals surface area contributed by atoms with Gasteiger partial charge in [0.25, 0.3) is 5.91 Å². The number of rotatable bonds is 4. The Hall–Kier alpha value is -3.15. The van der Waals surface area contributed by atoms with Crippen molar-refractivity contribution < 1.29 is 9.59 Å². The SMILES string of the molecule is CNC(=O)[C@@H](NC(=O)c1[nH]nc2c3cc-3cc12)c1ccccc1. The number of hydrogen-bond acceptors (Lipinski definition) is 3. The number of nitrogens with one attached hydrogen (secondary N) is 3. The Morgan fingerprint density at radius 1 is 1.17 bits per heavy atom. The smallest absolute Gasteiger partial charge is 0.270 e. The van der Waals surface area contributed by atoms with E-state index in [4.69, 9.17) is 0 Å². The van der Waals surface area contributed by atoms with Gasteiger partial charge >= 0.3 is 0 Å². The summed E-state index contributed by atoms with van der Waals surface area (Å²) in [5.41, 5.74) is 4.12. The van der Waals surface area contributed by atoms with Gasteiger partial charge in [0.05, 0.1) is 0 Å². The summed E-state index contributed by atoms with van der Waals surface area (Å²) in [6, 6.07) is 12.3. The number of carbonyl (C=O) groups is 2. The van der Waals surface area contributed by atoms with Crippen molar-refractivity contribution in [3.8, 4) is 11.1 Å². The Morgan fingerprint density at radius 2 is 1.96 bits per heavy atom. The predicted molar refractivity (Wildman–Crippen MR) is 85.8 cm³/mol. The summed E-state index contributed by atoms with van der Waals surface area (Å²) >= 11 is 0. The van der Waals surface area contributed by atoms with Crippen LogP contribution in [0.5, 0.6) is 0 Å². The van der Waals surface area contributed by atoms with Gasteiger partial charge in [0.2, 0.25) is 5.91 Å². The van der Waals surface area contributed by atoms with E-state index in [1.165, 1.54) is 0 Å². The lowest BCUT2D eigenvalue weighted by Crippen LogP contribution is -2.39. The van der Waals surface area contributed by atoms with Gasteiger partial charge in [-0.05, 0) is 23.3 Å². The van der Waals surface area contributed by atoms with Gasteiger partial charge in [-0.25, -0.2) is 0 Å². The van der Waals surface area contributed by atoms with Gasteiger partial charge in [0.15, 0.2) is 0 Å². The van der Waals surface area contributed by atoms with Crippen LogP contribution >= 0.6 is 0 Å². The second kappa shape index (κ2) is 4.95. The van der Waals surface area contributed by atoms with Crippen molar-refractivity contribution in [2.24, 2.45) is 0 Å². The molecule has 114 valence electrons. The van der Waals surface area contributed by atoms with E-state index in [2.05, 4.69) is 20.8 Å². The number of H-pyrrole nitrogens is 1. The summed E-state index contributed by atoms with van der Waals surface area (Å²) in [6.45, 7) is 0. The lowest BCUT2D eigenvalue weighted by molar-refractivity contribution is -0.122. The molecule has 0 radical (unpaired) electrons. The van der Waals surface area contributed by atoms with Crippen LogP contribution in [0.4, 0.5) is 0 Å². The molecule has 1 aromatic heterocycles. The second-order valence-corrected chi connectivity index (χ2v) is 5.45. The number of aromatic nitrogens is 2. The molecule has 1 atom stereocenters. The lowest BCUT2D eigenvalue weighted by atomic mass is 10.1. The summed E-state index contributed by atoms with van der Waals surface area (Å²) in [5, 5.41) is 13.1. The van der Waals surface area contributed by atoms with Crippen molar-refractivity contribution in [3.63, 3.8) is 0 Å². The first-order valence-corrected chi connectivity index (χ1v) is 7.29. The summed E-state index contributed by atoms with van der Waals surface area (Å²) in [4.78, 5) is 24.7. The molecule has 1 aromatic carbocycles. The van der Waals surface area contributed by atoms with Crippen molar-refractivity contribution in [2.45, 2.75) is 6.04 Å².